The van der Waals surface area contributed by atoms with Crippen LogP contribution in [-0.4, -0.2) is 6.54 Å². The van der Waals surface area contributed by atoms with Gasteiger partial charge in [-0.1, -0.05) is 17.3 Å². The molecule has 0 saturated carbocycles. The molecule has 0 radical (unpaired) electrons. The summed E-state index contributed by atoms with van der Waals surface area (Å²) >= 11 is 0. The van der Waals surface area contributed by atoms with Gasteiger partial charge < -0.3 is 11.5 Å². The highest BCUT2D eigenvalue weighted by Gasteiger charge is 2.02. The van der Waals surface area contributed by atoms with Crippen LogP contribution < -0.4 is 11.5 Å². The molecular weight excluding hydrogens is 209 g/mol. The van der Waals surface area contributed by atoms with E-state index in [4.69, 9.17) is 17.0 Å². The van der Waals surface area contributed by atoms with Gasteiger partial charge in [0.25, 0.3) is 0 Å². The highest BCUT2D eigenvalue weighted by molar-refractivity contribution is 5.75. The van der Waals surface area contributed by atoms with E-state index in [1.54, 1.807) is 12.2 Å². The molecule has 0 aliphatic rings. The molecule has 0 spiro atoms. The Morgan fingerprint density at radius 1 is 1.44 bits per heavy atom. The lowest BCUT2D eigenvalue weighted by atomic mass is 10.1. The van der Waals surface area contributed by atoms with E-state index in [0.29, 0.717) is 24.2 Å². The van der Waals surface area contributed by atoms with Crippen molar-refractivity contribution in [2.45, 2.75) is 6.42 Å². The van der Waals surface area contributed by atoms with Gasteiger partial charge in [-0.3, -0.25) is 0 Å². The summed E-state index contributed by atoms with van der Waals surface area (Å²) in [7, 11) is 0. The number of hydrogen-bond acceptors (Lipinski definition) is 3. The minimum atomic E-state index is -0.429. The maximum atomic E-state index is 13.0. The van der Waals surface area contributed by atoms with Crippen molar-refractivity contribution in [1.82, 2.24) is 0 Å². The molecule has 5 nitrogen and oxygen atoms in total. The summed E-state index contributed by atoms with van der Waals surface area (Å²) < 4.78 is 13.0. The second-order valence-corrected chi connectivity index (χ2v) is 3.14. The van der Waals surface area contributed by atoms with Gasteiger partial charge in [-0.05, 0) is 24.1 Å². The van der Waals surface area contributed by atoms with Gasteiger partial charge in [-0.2, -0.15) is 0 Å². The Bertz CT molecular complexity index is 449. The molecule has 0 fully saturated rings. The molecule has 1 aromatic carbocycles. The summed E-state index contributed by atoms with van der Waals surface area (Å²) in [5, 5.41) is 3.36. The van der Waals surface area contributed by atoms with Crippen LogP contribution >= 0.6 is 0 Å². The molecule has 0 saturated heterocycles. The summed E-state index contributed by atoms with van der Waals surface area (Å²) in [5.74, 6) is -0.429. The van der Waals surface area contributed by atoms with E-state index in [9.17, 15) is 4.39 Å². The zero-order valence-electron chi connectivity index (χ0n) is 8.60. The van der Waals surface area contributed by atoms with Crippen LogP contribution in [0.3, 0.4) is 0 Å². The minimum absolute atomic E-state index is 0.217. The molecule has 0 atom stereocenters. The number of nitrogens with two attached hydrogens (primary N) is 2. The fourth-order valence-corrected chi connectivity index (χ4v) is 1.19. The smallest absolute Gasteiger partial charge is 0.126 e. The molecule has 1 rings (SSSR count). The van der Waals surface area contributed by atoms with E-state index in [-0.39, 0.29) is 5.69 Å². The molecule has 16 heavy (non-hydrogen) atoms. The van der Waals surface area contributed by atoms with Crippen LogP contribution in [0.1, 0.15) is 12.0 Å². The van der Waals surface area contributed by atoms with E-state index < -0.39 is 5.82 Å². The van der Waals surface area contributed by atoms with Crippen molar-refractivity contribution in [2.24, 2.45) is 5.11 Å². The van der Waals surface area contributed by atoms with Crippen molar-refractivity contribution < 1.29 is 4.39 Å². The highest BCUT2D eigenvalue weighted by Crippen LogP contribution is 2.22. The highest BCUT2D eigenvalue weighted by atomic mass is 19.1. The predicted molar refractivity (Wildman–Crippen MR) is 62.9 cm³/mol. The minimum Gasteiger partial charge on any atom is -0.397 e. The fraction of sp³-hybridized carbons (Fsp3) is 0.200. The zero-order chi connectivity index (χ0) is 12.0. The van der Waals surface area contributed by atoms with Gasteiger partial charge in [0.05, 0.1) is 11.4 Å². The van der Waals surface area contributed by atoms with E-state index >= 15 is 0 Å². The maximum Gasteiger partial charge on any atom is 0.126 e. The van der Waals surface area contributed by atoms with Crippen LogP contribution in [0.4, 0.5) is 15.8 Å². The summed E-state index contributed by atoms with van der Waals surface area (Å²) in [5.41, 5.74) is 20.3. The Balaban J connectivity index is 2.76. The molecule has 84 valence electrons. The number of anilines is 2. The van der Waals surface area contributed by atoms with Crippen LogP contribution in [0.2, 0.25) is 0 Å². The standard InChI is InChI=1S/C10H12FN5/c11-8-5-7(10(13)9(12)6-8)3-1-2-4-15-16-14/h1,3,5-6H,2,4,12-13H2. The van der Waals surface area contributed by atoms with E-state index in [1.807, 2.05) is 0 Å². The number of azide groups is 1. The van der Waals surface area contributed by atoms with Crippen LogP contribution in [0, 0.1) is 5.82 Å². The summed E-state index contributed by atoms with van der Waals surface area (Å²) in [6.45, 7) is 0.359. The molecule has 6 heteroatoms. The van der Waals surface area contributed by atoms with Crippen molar-refractivity contribution in [3.05, 3.63) is 40.0 Å². The average Bonchev–Trinajstić information content (AvgIpc) is 2.24. The van der Waals surface area contributed by atoms with Gasteiger partial charge >= 0.3 is 0 Å². The number of hydrogen-bond donors (Lipinski definition) is 2. The van der Waals surface area contributed by atoms with Gasteiger partial charge in [-0.25, -0.2) is 4.39 Å². The Morgan fingerprint density at radius 3 is 2.88 bits per heavy atom. The monoisotopic (exact) mass is 221 g/mol. The molecule has 1 aromatic rings. The maximum absolute atomic E-state index is 13.0. The Kier molecular flexibility index (Phi) is 4.17. The molecule has 0 bridgehead atoms. The van der Waals surface area contributed by atoms with Gasteiger partial charge in [0.1, 0.15) is 5.82 Å². The van der Waals surface area contributed by atoms with Crippen molar-refractivity contribution in [3.8, 4) is 0 Å². The Hall–Kier alpha value is -2.20. The number of halogens is 1. The Morgan fingerprint density at radius 2 is 2.19 bits per heavy atom. The van der Waals surface area contributed by atoms with Crippen molar-refractivity contribution in [1.29, 1.82) is 0 Å². The topological polar surface area (TPSA) is 101 Å². The Labute approximate surface area is 92.2 Å². The molecule has 0 aliphatic heterocycles. The quantitative estimate of drug-likeness (QED) is 0.268. The van der Waals surface area contributed by atoms with Crippen LogP contribution in [0.25, 0.3) is 16.5 Å². The second kappa shape index (κ2) is 5.63. The summed E-state index contributed by atoms with van der Waals surface area (Å²) in [4.78, 5) is 2.61. The summed E-state index contributed by atoms with van der Waals surface area (Å²) in [6, 6.07) is 2.47. The molecule has 0 heterocycles. The first-order valence-corrected chi connectivity index (χ1v) is 4.67. The van der Waals surface area contributed by atoms with Crippen LogP contribution in [0.5, 0.6) is 0 Å². The normalized spacial score (nSPS) is 10.3. The van der Waals surface area contributed by atoms with Gasteiger partial charge in [-0.15, -0.1) is 0 Å². The fourth-order valence-electron chi connectivity index (χ4n) is 1.19. The molecule has 0 unspecified atom stereocenters. The lowest BCUT2D eigenvalue weighted by molar-refractivity contribution is 0.628. The predicted octanol–water partition coefficient (Wildman–Crippen LogP) is 2.70. The number of nitrogen functional groups attached to an aromatic ring is 2. The average molecular weight is 221 g/mol. The molecule has 0 aromatic heterocycles. The largest absolute Gasteiger partial charge is 0.397 e. The molecule has 0 amide bonds. The number of benzene rings is 1. The summed E-state index contributed by atoms with van der Waals surface area (Å²) in [6.07, 6.45) is 3.97. The van der Waals surface area contributed by atoms with Crippen molar-refractivity contribution in [2.75, 3.05) is 18.0 Å². The third kappa shape index (κ3) is 3.18. The number of nitrogens with zero attached hydrogens (tertiary/aromatic N) is 3. The first kappa shape index (κ1) is 11.9. The number of rotatable bonds is 4. The van der Waals surface area contributed by atoms with Gasteiger partial charge in [0.2, 0.25) is 0 Å². The van der Waals surface area contributed by atoms with Crippen molar-refractivity contribution >= 4 is 17.5 Å². The van der Waals surface area contributed by atoms with Crippen molar-refractivity contribution in [3.63, 3.8) is 0 Å². The molecular formula is C10H12FN5. The third-order valence-electron chi connectivity index (χ3n) is 1.97. The van der Waals surface area contributed by atoms with Gasteiger partial charge in [0.15, 0.2) is 0 Å². The SMILES string of the molecule is [N-]=[N+]=NCCC=Cc1cc(F)cc(N)c1N. The first-order valence-electron chi connectivity index (χ1n) is 4.67. The van der Waals surface area contributed by atoms with E-state index in [2.05, 4.69) is 10.0 Å². The lowest BCUT2D eigenvalue weighted by Gasteiger charge is -2.04. The van der Waals surface area contributed by atoms with Crippen LogP contribution in [0.15, 0.2) is 23.3 Å². The van der Waals surface area contributed by atoms with E-state index in [1.165, 1.54) is 12.1 Å². The zero-order valence-corrected chi connectivity index (χ0v) is 8.60. The van der Waals surface area contributed by atoms with Crippen LogP contribution in [-0.2, 0) is 0 Å². The first-order chi connectivity index (χ1) is 7.65. The second-order valence-electron chi connectivity index (χ2n) is 3.14. The third-order valence-corrected chi connectivity index (χ3v) is 1.97. The van der Waals surface area contributed by atoms with Gasteiger partial charge in [0, 0.05) is 17.0 Å². The van der Waals surface area contributed by atoms with E-state index in [0.717, 1.165) is 0 Å². The molecule has 0 aliphatic carbocycles. The molecule has 4 N–H and O–H groups in total. The lowest BCUT2D eigenvalue weighted by Crippen LogP contribution is -1.98.